The second kappa shape index (κ2) is 6.15. The SMILES string of the molecule is Cc1ccc(N2C(=O)C(C)SC2c2ccc(Cl)cc2Cl)cc1. The zero-order valence-corrected chi connectivity index (χ0v) is 14.5. The first-order valence-electron chi connectivity index (χ1n) is 6.97. The summed E-state index contributed by atoms with van der Waals surface area (Å²) < 4.78 is 0. The van der Waals surface area contributed by atoms with Gasteiger partial charge in [0.2, 0.25) is 5.91 Å². The number of carbonyl (C=O) groups excluding carboxylic acids is 1. The largest absolute Gasteiger partial charge is 0.295 e. The summed E-state index contributed by atoms with van der Waals surface area (Å²) in [5, 5.41) is 0.954. The molecule has 0 radical (unpaired) electrons. The van der Waals surface area contributed by atoms with Crippen molar-refractivity contribution in [3.05, 3.63) is 63.6 Å². The molecule has 0 bridgehead atoms. The minimum atomic E-state index is -0.130. The third-order valence-corrected chi connectivity index (χ3v) is 5.59. The molecule has 0 saturated carbocycles. The molecule has 1 heterocycles. The molecule has 2 nitrogen and oxygen atoms in total. The van der Waals surface area contributed by atoms with Gasteiger partial charge in [-0.15, -0.1) is 11.8 Å². The van der Waals surface area contributed by atoms with Gasteiger partial charge in [-0.3, -0.25) is 9.69 Å². The molecule has 0 aliphatic carbocycles. The lowest BCUT2D eigenvalue weighted by Crippen LogP contribution is -2.30. The first kappa shape index (κ1) is 15.7. The van der Waals surface area contributed by atoms with Crippen LogP contribution in [-0.4, -0.2) is 11.2 Å². The zero-order chi connectivity index (χ0) is 15.9. The van der Waals surface area contributed by atoms with Crippen LogP contribution in [0, 0.1) is 6.92 Å². The number of nitrogens with zero attached hydrogens (tertiary/aromatic N) is 1. The summed E-state index contributed by atoms with van der Waals surface area (Å²) in [5.74, 6) is 0.102. The van der Waals surface area contributed by atoms with Crippen molar-refractivity contribution in [3.63, 3.8) is 0 Å². The molecule has 5 heteroatoms. The van der Waals surface area contributed by atoms with Gasteiger partial charge in [0, 0.05) is 21.3 Å². The lowest BCUT2D eigenvalue weighted by Gasteiger charge is -2.25. The van der Waals surface area contributed by atoms with E-state index in [-0.39, 0.29) is 16.5 Å². The Kier molecular flexibility index (Phi) is 4.40. The van der Waals surface area contributed by atoms with Crippen LogP contribution < -0.4 is 4.90 Å². The molecule has 2 unspecified atom stereocenters. The Hall–Kier alpha value is -1.16. The maximum Gasteiger partial charge on any atom is 0.241 e. The van der Waals surface area contributed by atoms with Crippen LogP contribution in [0.5, 0.6) is 0 Å². The van der Waals surface area contributed by atoms with Crippen LogP contribution in [0.1, 0.15) is 23.4 Å². The van der Waals surface area contributed by atoms with Gasteiger partial charge in [0.05, 0.1) is 5.25 Å². The Morgan fingerprint density at radius 2 is 1.77 bits per heavy atom. The maximum absolute atomic E-state index is 12.6. The van der Waals surface area contributed by atoms with Crippen molar-refractivity contribution >= 4 is 46.6 Å². The summed E-state index contributed by atoms with van der Waals surface area (Å²) in [6.45, 7) is 3.96. The highest BCUT2D eigenvalue weighted by atomic mass is 35.5. The number of rotatable bonds is 2. The molecular formula is C17H15Cl2NOS. The van der Waals surface area contributed by atoms with E-state index < -0.39 is 0 Å². The van der Waals surface area contributed by atoms with Gasteiger partial charge in [-0.2, -0.15) is 0 Å². The third-order valence-electron chi connectivity index (χ3n) is 3.69. The van der Waals surface area contributed by atoms with Crippen molar-refractivity contribution in [3.8, 4) is 0 Å². The van der Waals surface area contributed by atoms with Crippen molar-refractivity contribution < 1.29 is 4.79 Å². The molecule has 3 rings (SSSR count). The fourth-order valence-corrected chi connectivity index (χ4v) is 4.40. The Balaban J connectivity index is 2.05. The molecule has 2 aromatic carbocycles. The first-order chi connectivity index (χ1) is 10.5. The van der Waals surface area contributed by atoms with E-state index in [1.165, 1.54) is 0 Å². The molecule has 1 fully saturated rings. The first-order valence-corrected chi connectivity index (χ1v) is 8.67. The van der Waals surface area contributed by atoms with E-state index in [0.717, 1.165) is 16.8 Å². The molecule has 22 heavy (non-hydrogen) atoms. The number of aryl methyl sites for hydroxylation is 1. The van der Waals surface area contributed by atoms with Gasteiger partial charge in [-0.25, -0.2) is 0 Å². The highest BCUT2D eigenvalue weighted by molar-refractivity contribution is 8.01. The predicted molar refractivity (Wildman–Crippen MR) is 94.9 cm³/mol. The lowest BCUT2D eigenvalue weighted by molar-refractivity contribution is -0.117. The summed E-state index contributed by atoms with van der Waals surface area (Å²) in [7, 11) is 0. The minimum Gasteiger partial charge on any atom is -0.295 e. The van der Waals surface area contributed by atoms with E-state index in [0.29, 0.717) is 10.0 Å². The van der Waals surface area contributed by atoms with Crippen LogP contribution in [-0.2, 0) is 4.79 Å². The third kappa shape index (κ3) is 2.85. The van der Waals surface area contributed by atoms with Crippen molar-refractivity contribution in [1.29, 1.82) is 0 Å². The highest BCUT2D eigenvalue weighted by Crippen LogP contribution is 2.47. The average Bonchev–Trinajstić information content (AvgIpc) is 2.76. The van der Waals surface area contributed by atoms with Crippen molar-refractivity contribution in [2.24, 2.45) is 0 Å². The molecule has 1 aliphatic rings. The van der Waals surface area contributed by atoms with Gasteiger partial charge >= 0.3 is 0 Å². The summed E-state index contributed by atoms with van der Waals surface area (Å²) in [6.07, 6.45) is 0. The molecule has 0 N–H and O–H groups in total. The lowest BCUT2D eigenvalue weighted by atomic mass is 10.1. The molecule has 1 aliphatic heterocycles. The number of carbonyl (C=O) groups is 1. The predicted octanol–water partition coefficient (Wildman–Crippen LogP) is 5.47. The van der Waals surface area contributed by atoms with Gasteiger partial charge in [-0.05, 0) is 38.1 Å². The summed E-state index contributed by atoms with van der Waals surface area (Å²) in [4.78, 5) is 14.4. The summed E-state index contributed by atoms with van der Waals surface area (Å²) in [6, 6.07) is 13.4. The van der Waals surface area contributed by atoms with Crippen LogP contribution in [0.15, 0.2) is 42.5 Å². The second-order valence-electron chi connectivity index (χ2n) is 5.34. The molecule has 0 spiro atoms. The van der Waals surface area contributed by atoms with Crippen LogP contribution in [0.25, 0.3) is 0 Å². The molecule has 114 valence electrons. The zero-order valence-electron chi connectivity index (χ0n) is 12.2. The van der Waals surface area contributed by atoms with Gasteiger partial charge < -0.3 is 0 Å². The number of thioether (sulfide) groups is 1. The maximum atomic E-state index is 12.6. The topological polar surface area (TPSA) is 20.3 Å². The molecule has 1 amide bonds. The average molecular weight is 352 g/mol. The van der Waals surface area contributed by atoms with Gasteiger partial charge in [0.15, 0.2) is 0 Å². The molecule has 2 atom stereocenters. The Morgan fingerprint density at radius 3 is 2.41 bits per heavy atom. The van der Waals surface area contributed by atoms with E-state index in [2.05, 4.69) is 0 Å². The minimum absolute atomic E-state index is 0.0990. The van der Waals surface area contributed by atoms with Gasteiger partial charge in [0.1, 0.15) is 5.37 Å². The van der Waals surface area contributed by atoms with Gasteiger partial charge in [0.25, 0.3) is 0 Å². The number of halogens is 2. The van der Waals surface area contributed by atoms with E-state index >= 15 is 0 Å². The molecule has 0 aromatic heterocycles. The van der Waals surface area contributed by atoms with E-state index in [1.807, 2.05) is 55.1 Å². The second-order valence-corrected chi connectivity index (χ2v) is 7.61. The smallest absolute Gasteiger partial charge is 0.241 e. The molecule has 1 saturated heterocycles. The monoisotopic (exact) mass is 351 g/mol. The number of hydrogen-bond donors (Lipinski definition) is 0. The normalized spacial score (nSPS) is 21.5. The highest BCUT2D eigenvalue weighted by Gasteiger charge is 2.40. The number of benzene rings is 2. The van der Waals surface area contributed by atoms with Crippen molar-refractivity contribution in [2.45, 2.75) is 24.5 Å². The van der Waals surface area contributed by atoms with Crippen LogP contribution in [0.3, 0.4) is 0 Å². The van der Waals surface area contributed by atoms with Gasteiger partial charge in [-0.1, -0.05) is 47.0 Å². The quantitative estimate of drug-likeness (QED) is 0.714. The summed E-state index contributed by atoms with van der Waals surface area (Å²) >= 11 is 13.9. The number of anilines is 1. The van der Waals surface area contributed by atoms with E-state index in [4.69, 9.17) is 23.2 Å². The standard InChI is InChI=1S/C17H15Cl2NOS/c1-10-3-6-13(7-4-10)20-16(21)11(2)22-17(20)14-8-5-12(18)9-15(14)19/h3-9,11,17H,1-2H3. The van der Waals surface area contributed by atoms with Crippen molar-refractivity contribution in [2.75, 3.05) is 4.90 Å². The van der Waals surface area contributed by atoms with E-state index in [9.17, 15) is 4.79 Å². The van der Waals surface area contributed by atoms with Crippen LogP contribution in [0.2, 0.25) is 10.0 Å². The van der Waals surface area contributed by atoms with Crippen molar-refractivity contribution in [1.82, 2.24) is 0 Å². The number of amides is 1. The fraction of sp³-hybridized carbons (Fsp3) is 0.235. The van der Waals surface area contributed by atoms with Crippen LogP contribution in [0.4, 0.5) is 5.69 Å². The fourth-order valence-electron chi connectivity index (χ4n) is 2.51. The molecule has 2 aromatic rings. The Bertz CT molecular complexity index is 717. The summed E-state index contributed by atoms with van der Waals surface area (Å²) in [5.41, 5.74) is 2.97. The Morgan fingerprint density at radius 1 is 1.09 bits per heavy atom. The number of hydrogen-bond acceptors (Lipinski definition) is 2. The van der Waals surface area contributed by atoms with E-state index in [1.54, 1.807) is 17.8 Å². The van der Waals surface area contributed by atoms with Crippen LogP contribution >= 0.6 is 35.0 Å². The Labute approximate surface area is 144 Å². The molecular weight excluding hydrogens is 337 g/mol.